The quantitative estimate of drug-likeness (QED) is 0.768. The van der Waals surface area contributed by atoms with E-state index in [0.29, 0.717) is 30.9 Å². The highest BCUT2D eigenvalue weighted by Crippen LogP contribution is 2.40. The first-order chi connectivity index (χ1) is 13.0. The van der Waals surface area contributed by atoms with E-state index < -0.39 is 0 Å². The van der Waals surface area contributed by atoms with Crippen molar-refractivity contribution in [3.05, 3.63) is 36.4 Å². The van der Waals surface area contributed by atoms with Gasteiger partial charge in [0.05, 0.1) is 5.69 Å². The van der Waals surface area contributed by atoms with E-state index in [0.717, 1.165) is 35.1 Å². The molecule has 0 spiro atoms. The number of benzene rings is 2. The minimum atomic E-state index is 0.0579. The van der Waals surface area contributed by atoms with Gasteiger partial charge in [-0.05, 0) is 42.0 Å². The molecule has 1 saturated carbocycles. The van der Waals surface area contributed by atoms with Crippen molar-refractivity contribution in [1.29, 1.82) is 0 Å². The predicted molar refractivity (Wildman–Crippen MR) is 112 cm³/mol. The zero-order chi connectivity index (χ0) is 19.4. The fourth-order valence-corrected chi connectivity index (χ4v) is 4.39. The number of carbonyl (C=O) groups is 1. The standard InChI is InChI=1S/C23H32N2O2/c1-15(2)18-10-8-16(3)14-20(18)23(26)25-21-11-9-17-6-4-5-7-19(17)22(21)27-13-12-24/h4-7,9,11,15-16,18,20H,8,10,12-14,24H2,1-3H3,(H,25,26)/t16-,18+,20-/m1/s1. The molecule has 3 atom stereocenters. The Labute approximate surface area is 162 Å². The first-order valence-corrected chi connectivity index (χ1v) is 10.2. The van der Waals surface area contributed by atoms with Gasteiger partial charge in [-0.2, -0.15) is 0 Å². The van der Waals surface area contributed by atoms with Gasteiger partial charge < -0.3 is 15.8 Å². The van der Waals surface area contributed by atoms with Crippen molar-refractivity contribution in [1.82, 2.24) is 0 Å². The second-order valence-corrected chi connectivity index (χ2v) is 8.22. The number of amides is 1. The molecule has 0 radical (unpaired) electrons. The summed E-state index contributed by atoms with van der Waals surface area (Å²) in [6, 6.07) is 12.0. The number of rotatable bonds is 6. The van der Waals surface area contributed by atoms with Gasteiger partial charge in [0.25, 0.3) is 0 Å². The van der Waals surface area contributed by atoms with Gasteiger partial charge in [-0.3, -0.25) is 4.79 Å². The molecule has 3 N–H and O–H groups in total. The van der Waals surface area contributed by atoms with Crippen LogP contribution in [0.4, 0.5) is 5.69 Å². The summed E-state index contributed by atoms with van der Waals surface area (Å²) in [7, 11) is 0. The topological polar surface area (TPSA) is 64.3 Å². The maximum absolute atomic E-state index is 13.2. The van der Waals surface area contributed by atoms with Gasteiger partial charge in [-0.25, -0.2) is 0 Å². The molecule has 1 fully saturated rings. The maximum Gasteiger partial charge on any atom is 0.227 e. The van der Waals surface area contributed by atoms with Crippen molar-refractivity contribution in [2.75, 3.05) is 18.5 Å². The van der Waals surface area contributed by atoms with E-state index in [9.17, 15) is 4.79 Å². The monoisotopic (exact) mass is 368 g/mol. The number of anilines is 1. The Morgan fingerprint density at radius 3 is 2.74 bits per heavy atom. The number of nitrogens with one attached hydrogen (secondary N) is 1. The summed E-state index contributed by atoms with van der Waals surface area (Å²) in [6.45, 7) is 7.57. The molecular formula is C23H32N2O2. The zero-order valence-corrected chi connectivity index (χ0v) is 16.7. The lowest BCUT2D eigenvalue weighted by Gasteiger charge is -2.36. The highest BCUT2D eigenvalue weighted by atomic mass is 16.5. The SMILES string of the molecule is CC(C)[C@@H]1CC[C@@H](C)C[C@H]1C(=O)Nc1ccc2ccccc2c1OCCN. The van der Waals surface area contributed by atoms with Crippen LogP contribution in [0.3, 0.4) is 0 Å². The molecule has 0 aromatic heterocycles. The first-order valence-electron chi connectivity index (χ1n) is 10.2. The third kappa shape index (κ3) is 4.44. The number of nitrogens with two attached hydrogens (primary N) is 1. The second kappa shape index (κ2) is 8.75. The second-order valence-electron chi connectivity index (χ2n) is 8.22. The molecule has 0 heterocycles. The van der Waals surface area contributed by atoms with Crippen molar-refractivity contribution in [2.24, 2.45) is 29.4 Å². The third-order valence-corrected chi connectivity index (χ3v) is 5.86. The largest absolute Gasteiger partial charge is 0.489 e. The van der Waals surface area contributed by atoms with Gasteiger partial charge in [0, 0.05) is 17.8 Å². The number of fused-ring (bicyclic) bond motifs is 1. The summed E-state index contributed by atoms with van der Waals surface area (Å²) in [5, 5.41) is 5.27. The molecule has 2 aromatic rings. The van der Waals surface area contributed by atoms with E-state index in [-0.39, 0.29) is 11.8 Å². The normalized spacial score (nSPS) is 22.8. The highest BCUT2D eigenvalue weighted by Gasteiger charge is 2.35. The van der Waals surface area contributed by atoms with Crippen molar-refractivity contribution in [2.45, 2.75) is 40.0 Å². The van der Waals surface area contributed by atoms with Crippen LogP contribution in [-0.2, 0) is 4.79 Å². The van der Waals surface area contributed by atoms with Crippen molar-refractivity contribution in [3.8, 4) is 5.75 Å². The lowest BCUT2D eigenvalue weighted by atomic mass is 9.70. The van der Waals surface area contributed by atoms with Crippen LogP contribution in [0.25, 0.3) is 10.8 Å². The van der Waals surface area contributed by atoms with E-state index in [1.165, 1.54) is 6.42 Å². The lowest BCUT2D eigenvalue weighted by molar-refractivity contribution is -0.124. The number of hydrogen-bond acceptors (Lipinski definition) is 3. The molecule has 0 unspecified atom stereocenters. The molecule has 1 aliphatic rings. The summed E-state index contributed by atoms with van der Waals surface area (Å²) in [5.41, 5.74) is 6.39. The molecule has 4 heteroatoms. The Morgan fingerprint density at radius 2 is 2.00 bits per heavy atom. The van der Waals surface area contributed by atoms with E-state index in [1.54, 1.807) is 0 Å². The smallest absolute Gasteiger partial charge is 0.227 e. The summed E-state index contributed by atoms with van der Waals surface area (Å²) in [5.74, 6) is 2.45. The first kappa shape index (κ1) is 19.7. The predicted octanol–water partition coefficient (Wildman–Crippen LogP) is 4.82. The zero-order valence-electron chi connectivity index (χ0n) is 16.7. The number of carbonyl (C=O) groups excluding carboxylic acids is 1. The molecule has 0 saturated heterocycles. The molecular weight excluding hydrogens is 336 g/mol. The molecule has 2 aromatic carbocycles. The number of hydrogen-bond donors (Lipinski definition) is 2. The Morgan fingerprint density at radius 1 is 1.22 bits per heavy atom. The minimum absolute atomic E-state index is 0.0579. The van der Waals surface area contributed by atoms with Crippen LogP contribution < -0.4 is 15.8 Å². The van der Waals surface area contributed by atoms with Crippen molar-refractivity contribution >= 4 is 22.4 Å². The van der Waals surface area contributed by atoms with Crippen LogP contribution in [0.15, 0.2) is 36.4 Å². The van der Waals surface area contributed by atoms with Crippen LogP contribution >= 0.6 is 0 Å². The van der Waals surface area contributed by atoms with Crippen molar-refractivity contribution < 1.29 is 9.53 Å². The van der Waals surface area contributed by atoms with Crippen LogP contribution in [-0.4, -0.2) is 19.1 Å². The Kier molecular flexibility index (Phi) is 6.38. The van der Waals surface area contributed by atoms with Gasteiger partial charge in [0.2, 0.25) is 5.91 Å². The van der Waals surface area contributed by atoms with E-state index >= 15 is 0 Å². The fraction of sp³-hybridized carbons (Fsp3) is 0.522. The summed E-state index contributed by atoms with van der Waals surface area (Å²) < 4.78 is 5.94. The summed E-state index contributed by atoms with van der Waals surface area (Å²) >= 11 is 0. The summed E-state index contributed by atoms with van der Waals surface area (Å²) in [6.07, 6.45) is 3.31. The molecule has 3 rings (SSSR count). The minimum Gasteiger partial charge on any atom is -0.489 e. The lowest BCUT2D eigenvalue weighted by Crippen LogP contribution is -2.36. The molecule has 146 valence electrons. The summed E-state index contributed by atoms with van der Waals surface area (Å²) in [4.78, 5) is 13.2. The van der Waals surface area contributed by atoms with E-state index in [2.05, 4.69) is 26.1 Å². The van der Waals surface area contributed by atoms with Gasteiger partial charge >= 0.3 is 0 Å². The molecule has 1 amide bonds. The Bertz CT molecular complexity index is 787. The van der Waals surface area contributed by atoms with Crippen LogP contribution in [0, 0.1) is 23.7 Å². The molecule has 0 bridgehead atoms. The molecule has 27 heavy (non-hydrogen) atoms. The highest BCUT2D eigenvalue weighted by molar-refractivity contribution is 6.00. The van der Waals surface area contributed by atoms with Crippen LogP contribution in [0.1, 0.15) is 40.0 Å². The van der Waals surface area contributed by atoms with Gasteiger partial charge in [0.15, 0.2) is 5.75 Å². The molecule has 1 aliphatic carbocycles. The fourth-order valence-electron chi connectivity index (χ4n) is 4.39. The van der Waals surface area contributed by atoms with Crippen LogP contribution in [0.5, 0.6) is 5.75 Å². The molecule has 0 aliphatic heterocycles. The van der Waals surface area contributed by atoms with E-state index in [1.807, 2.05) is 36.4 Å². The Hall–Kier alpha value is -2.07. The molecule has 4 nitrogen and oxygen atoms in total. The third-order valence-electron chi connectivity index (χ3n) is 5.86. The average Bonchev–Trinajstić information content (AvgIpc) is 2.66. The van der Waals surface area contributed by atoms with E-state index in [4.69, 9.17) is 10.5 Å². The number of ether oxygens (including phenoxy) is 1. The Balaban J connectivity index is 1.89. The van der Waals surface area contributed by atoms with Gasteiger partial charge in [-0.1, -0.05) is 57.5 Å². The van der Waals surface area contributed by atoms with Crippen molar-refractivity contribution in [3.63, 3.8) is 0 Å². The van der Waals surface area contributed by atoms with Crippen LogP contribution in [0.2, 0.25) is 0 Å². The maximum atomic E-state index is 13.2. The average molecular weight is 369 g/mol. The van der Waals surface area contributed by atoms with Gasteiger partial charge in [0.1, 0.15) is 6.61 Å². The van der Waals surface area contributed by atoms with Gasteiger partial charge in [-0.15, -0.1) is 0 Å².